The maximum absolute atomic E-state index is 10.8. The average molecular weight is 232 g/mol. The molecule has 1 aromatic carbocycles. The van der Waals surface area contributed by atoms with Gasteiger partial charge in [0.1, 0.15) is 0 Å². The molecule has 88 valence electrons. The Labute approximate surface area is 98.1 Å². The van der Waals surface area contributed by atoms with Crippen LogP contribution in [-0.2, 0) is 0 Å². The monoisotopic (exact) mass is 232 g/mol. The van der Waals surface area contributed by atoms with Crippen LogP contribution in [0, 0.1) is 0 Å². The molecule has 1 N–H and O–H groups in total. The number of carboxylic acids is 1. The van der Waals surface area contributed by atoms with Crippen molar-refractivity contribution in [3.63, 3.8) is 0 Å². The second-order valence-corrected chi connectivity index (χ2v) is 4.00. The fourth-order valence-electron chi connectivity index (χ4n) is 1.38. The molecule has 1 heterocycles. The molecular formula is C12H12N2O3. The Morgan fingerprint density at radius 1 is 1.41 bits per heavy atom. The minimum Gasteiger partial charge on any atom is -0.478 e. The third-order valence-electron chi connectivity index (χ3n) is 2.30. The number of aromatic nitrogens is 2. The van der Waals surface area contributed by atoms with Gasteiger partial charge >= 0.3 is 5.97 Å². The van der Waals surface area contributed by atoms with Crippen LogP contribution in [0.4, 0.5) is 0 Å². The van der Waals surface area contributed by atoms with Crippen LogP contribution in [0.15, 0.2) is 28.8 Å². The molecule has 0 saturated carbocycles. The number of hydrogen-bond acceptors (Lipinski definition) is 4. The van der Waals surface area contributed by atoms with Crippen LogP contribution in [0.25, 0.3) is 11.4 Å². The van der Waals surface area contributed by atoms with Crippen molar-refractivity contribution in [2.24, 2.45) is 0 Å². The zero-order valence-electron chi connectivity index (χ0n) is 9.54. The number of carboxylic acid groups (broad SMARTS) is 1. The lowest BCUT2D eigenvalue weighted by atomic mass is 10.1. The van der Waals surface area contributed by atoms with Crippen molar-refractivity contribution in [1.29, 1.82) is 0 Å². The summed E-state index contributed by atoms with van der Waals surface area (Å²) in [4.78, 5) is 15.0. The lowest BCUT2D eigenvalue weighted by Gasteiger charge is -1.97. The second kappa shape index (κ2) is 4.37. The summed E-state index contributed by atoms with van der Waals surface area (Å²) in [5.74, 6) is 0.135. The highest BCUT2D eigenvalue weighted by Crippen LogP contribution is 2.20. The number of benzene rings is 1. The molecular weight excluding hydrogens is 220 g/mol. The summed E-state index contributed by atoms with van der Waals surface area (Å²) >= 11 is 0. The molecule has 2 rings (SSSR count). The van der Waals surface area contributed by atoms with E-state index in [0.29, 0.717) is 17.3 Å². The van der Waals surface area contributed by atoms with Gasteiger partial charge < -0.3 is 9.63 Å². The predicted octanol–water partition coefficient (Wildman–Crippen LogP) is 2.56. The first-order valence-corrected chi connectivity index (χ1v) is 5.25. The Bertz CT molecular complexity index is 546. The van der Waals surface area contributed by atoms with E-state index in [2.05, 4.69) is 10.1 Å². The Balaban J connectivity index is 2.38. The molecule has 0 bridgehead atoms. The molecule has 0 saturated heterocycles. The molecule has 0 fully saturated rings. The third-order valence-corrected chi connectivity index (χ3v) is 2.30. The molecule has 0 aliphatic rings. The highest BCUT2D eigenvalue weighted by molar-refractivity contribution is 5.89. The van der Waals surface area contributed by atoms with Gasteiger partial charge in [-0.1, -0.05) is 31.1 Å². The minimum atomic E-state index is -0.973. The van der Waals surface area contributed by atoms with Crippen molar-refractivity contribution in [3.8, 4) is 11.4 Å². The van der Waals surface area contributed by atoms with Crippen LogP contribution in [0.1, 0.15) is 36.0 Å². The van der Waals surface area contributed by atoms with Gasteiger partial charge in [0.05, 0.1) is 5.56 Å². The summed E-state index contributed by atoms with van der Waals surface area (Å²) < 4.78 is 5.07. The number of carbonyl (C=O) groups is 1. The van der Waals surface area contributed by atoms with E-state index >= 15 is 0 Å². The molecule has 0 radical (unpaired) electrons. The van der Waals surface area contributed by atoms with Gasteiger partial charge in [-0.2, -0.15) is 4.98 Å². The molecule has 17 heavy (non-hydrogen) atoms. The Kier molecular flexibility index (Phi) is 2.91. The van der Waals surface area contributed by atoms with Crippen molar-refractivity contribution in [2.75, 3.05) is 0 Å². The number of nitrogens with zero attached hydrogens (tertiary/aromatic N) is 2. The summed E-state index contributed by atoms with van der Waals surface area (Å²) in [6.45, 7) is 3.90. The van der Waals surface area contributed by atoms with Gasteiger partial charge in [-0.25, -0.2) is 4.79 Å². The van der Waals surface area contributed by atoms with Crippen LogP contribution in [0.5, 0.6) is 0 Å². The molecule has 0 unspecified atom stereocenters. The molecule has 0 atom stereocenters. The molecule has 5 heteroatoms. The van der Waals surface area contributed by atoms with Crippen LogP contribution < -0.4 is 0 Å². The van der Waals surface area contributed by atoms with E-state index in [4.69, 9.17) is 9.63 Å². The first-order valence-electron chi connectivity index (χ1n) is 5.25. The summed E-state index contributed by atoms with van der Waals surface area (Å²) in [5, 5.41) is 12.7. The highest BCUT2D eigenvalue weighted by Gasteiger charge is 2.12. The smallest absolute Gasteiger partial charge is 0.335 e. The summed E-state index contributed by atoms with van der Waals surface area (Å²) in [6, 6.07) is 6.46. The zero-order chi connectivity index (χ0) is 12.4. The van der Waals surface area contributed by atoms with Gasteiger partial charge in [-0.05, 0) is 12.1 Å². The Morgan fingerprint density at radius 2 is 2.18 bits per heavy atom. The van der Waals surface area contributed by atoms with E-state index in [9.17, 15) is 4.79 Å². The SMILES string of the molecule is CC(C)c1nc(-c2cccc(C(=O)O)c2)no1. The number of aromatic carboxylic acids is 1. The molecule has 0 spiro atoms. The molecule has 0 amide bonds. The molecule has 5 nitrogen and oxygen atoms in total. The zero-order valence-corrected chi connectivity index (χ0v) is 9.54. The van der Waals surface area contributed by atoms with Gasteiger partial charge in [0.25, 0.3) is 0 Å². The normalized spacial score (nSPS) is 10.8. The van der Waals surface area contributed by atoms with E-state index in [1.54, 1.807) is 12.1 Å². The topological polar surface area (TPSA) is 76.2 Å². The van der Waals surface area contributed by atoms with Gasteiger partial charge in [0.2, 0.25) is 11.7 Å². The molecule has 2 aromatic rings. The van der Waals surface area contributed by atoms with E-state index < -0.39 is 5.97 Å². The van der Waals surface area contributed by atoms with Crippen molar-refractivity contribution in [1.82, 2.24) is 10.1 Å². The van der Waals surface area contributed by atoms with E-state index in [-0.39, 0.29) is 11.5 Å². The fraction of sp³-hybridized carbons (Fsp3) is 0.250. The Morgan fingerprint density at radius 3 is 2.76 bits per heavy atom. The molecule has 0 aliphatic carbocycles. The minimum absolute atomic E-state index is 0.152. The standard InChI is InChI=1S/C12H12N2O3/c1-7(2)11-13-10(14-17-11)8-4-3-5-9(6-8)12(15)16/h3-7H,1-2H3,(H,15,16). The van der Waals surface area contributed by atoms with Crippen LogP contribution >= 0.6 is 0 Å². The maximum atomic E-state index is 10.8. The van der Waals surface area contributed by atoms with E-state index in [1.165, 1.54) is 12.1 Å². The summed E-state index contributed by atoms with van der Waals surface area (Å²) in [7, 11) is 0. The van der Waals surface area contributed by atoms with Crippen molar-refractivity contribution in [3.05, 3.63) is 35.7 Å². The Hall–Kier alpha value is -2.17. The number of hydrogen-bond donors (Lipinski definition) is 1. The quantitative estimate of drug-likeness (QED) is 0.880. The third kappa shape index (κ3) is 2.33. The predicted molar refractivity (Wildman–Crippen MR) is 60.8 cm³/mol. The van der Waals surface area contributed by atoms with Crippen molar-refractivity contribution >= 4 is 5.97 Å². The lowest BCUT2D eigenvalue weighted by Crippen LogP contribution is -1.96. The van der Waals surface area contributed by atoms with E-state index in [0.717, 1.165) is 0 Å². The summed E-state index contributed by atoms with van der Waals surface area (Å²) in [6.07, 6.45) is 0. The van der Waals surface area contributed by atoms with Crippen LogP contribution in [-0.4, -0.2) is 21.2 Å². The van der Waals surface area contributed by atoms with Crippen LogP contribution in [0.3, 0.4) is 0 Å². The second-order valence-electron chi connectivity index (χ2n) is 4.00. The van der Waals surface area contributed by atoms with Gasteiger partial charge in [-0.3, -0.25) is 0 Å². The van der Waals surface area contributed by atoms with Gasteiger partial charge in [0, 0.05) is 11.5 Å². The van der Waals surface area contributed by atoms with E-state index in [1.807, 2.05) is 13.8 Å². The number of rotatable bonds is 3. The lowest BCUT2D eigenvalue weighted by molar-refractivity contribution is 0.0697. The van der Waals surface area contributed by atoms with Gasteiger partial charge in [-0.15, -0.1) is 0 Å². The largest absolute Gasteiger partial charge is 0.478 e. The molecule has 0 aliphatic heterocycles. The van der Waals surface area contributed by atoms with Gasteiger partial charge in [0.15, 0.2) is 0 Å². The van der Waals surface area contributed by atoms with Crippen LogP contribution in [0.2, 0.25) is 0 Å². The summed E-state index contributed by atoms with van der Waals surface area (Å²) in [5.41, 5.74) is 0.846. The highest BCUT2D eigenvalue weighted by atomic mass is 16.5. The van der Waals surface area contributed by atoms with Crippen molar-refractivity contribution in [2.45, 2.75) is 19.8 Å². The van der Waals surface area contributed by atoms with Crippen molar-refractivity contribution < 1.29 is 14.4 Å². The first-order chi connectivity index (χ1) is 8.08. The first kappa shape index (κ1) is 11.3. The maximum Gasteiger partial charge on any atom is 0.335 e. The average Bonchev–Trinajstić information content (AvgIpc) is 2.78. The fourth-order valence-corrected chi connectivity index (χ4v) is 1.38. The molecule has 1 aromatic heterocycles.